The number of benzene rings is 1. The van der Waals surface area contributed by atoms with E-state index in [1.54, 1.807) is 7.11 Å². The molecule has 0 amide bonds. The van der Waals surface area contributed by atoms with E-state index in [4.69, 9.17) is 19.9 Å². The van der Waals surface area contributed by atoms with Crippen molar-refractivity contribution in [3.05, 3.63) is 29.8 Å². The molecule has 1 aliphatic rings. The largest absolute Gasteiger partial charge is 0.491 e. The SMILES string of the molecule is COCc1cccc(OCC(N)(C(=O)OC)C2CC2)c1. The fourth-order valence-electron chi connectivity index (χ4n) is 2.23. The molecule has 1 aromatic rings. The first kappa shape index (κ1) is 14.8. The van der Waals surface area contributed by atoms with Gasteiger partial charge in [-0.05, 0) is 36.5 Å². The predicted octanol–water partition coefficient (Wildman–Crippen LogP) is 1.49. The topological polar surface area (TPSA) is 70.8 Å². The minimum Gasteiger partial charge on any atom is -0.491 e. The van der Waals surface area contributed by atoms with Crippen LogP contribution in [0.5, 0.6) is 5.75 Å². The second-order valence-corrected chi connectivity index (χ2v) is 5.18. The second kappa shape index (κ2) is 6.24. The summed E-state index contributed by atoms with van der Waals surface area (Å²) in [6.07, 6.45) is 1.89. The van der Waals surface area contributed by atoms with E-state index in [9.17, 15) is 4.79 Å². The number of methoxy groups -OCH3 is 2. The molecule has 1 aromatic carbocycles. The third-order valence-corrected chi connectivity index (χ3v) is 3.56. The van der Waals surface area contributed by atoms with Gasteiger partial charge in [0.2, 0.25) is 0 Å². The van der Waals surface area contributed by atoms with Crippen LogP contribution < -0.4 is 10.5 Å². The molecule has 5 nitrogen and oxygen atoms in total. The monoisotopic (exact) mass is 279 g/mol. The number of hydrogen-bond acceptors (Lipinski definition) is 5. The first-order valence-corrected chi connectivity index (χ1v) is 6.68. The van der Waals surface area contributed by atoms with Gasteiger partial charge in [0, 0.05) is 7.11 Å². The average molecular weight is 279 g/mol. The Bertz CT molecular complexity index is 473. The van der Waals surface area contributed by atoms with Gasteiger partial charge in [0.05, 0.1) is 13.7 Å². The molecule has 0 spiro atoms. The zero-order valence-corrected chi connectivity index (χ0v) is 11.9. The third-order valence-electron chi connectivity index (χ3n) is 3.56. The zero-order valence-electron chi connectivity index (χ0n) is 11.9. The summed E-state index contributed by atoms with van der Waals surface area (Å²) in [7, 11) is 2.99. The molecule has 110 valence electrons. The fraction of sp³-hybridized carbons (Fsp3) is 0.533. The van der Waals surface area contributed by atoms with Crippen molar-refractivity contribution in [2.45, 2.75) is 25.0 Å². The number of esters is 1. The van der Waals surface area contributed by atoms with Gasteiger partial charge in [-0.1, -0.05) is 12.1 Å². The van der Waals surface area contributed by atoms with Gasteiger partial charge in [0.1, 0.15) is 12.4 Å². The first-order valence-electron chi connectivity index (χ1n) is 6.68. The van der Waals surface area contributed by atoms with E-state index >= 15 is 0 Å². The summed E-state index contributed by atoms with van der Waals surface area (Å²) in [5, 5.41) is 0. The Morgan fingerprint density at radius 1 is 1.40 bits per heavy atom. The molecule has 1 aliphatic carbocycles. The summed E-state index contributed by atoms with van der Waals surface area (Å²) in [5.41, 5.74) is 6.14. The van der Waals surface area contributed by atoms with Crippen molar-refractivity contribution in [1.29, 1.82) is 0 Å². The van der Waals surface area contributed by atoms with E-state index in [2.05, 4.69) is 0 Å². The molecule has 2 N–H and O–H groups in total. The minimum atomic E-state index is -1.05. The van der Waals surface area contributed by atoms with Crippen LogP contribution in [0.1, 0.15) is 18.4 Å². The average Bonchev–Trinajstić information content (AvgIpc) is 3.29. The lowest BCUT2D eigenvalue weighted by molar-refractivity contribution is -0.149. The normalized spacial score (nSPS) is 17.4. The highest BCUT2D eigenvalue weighted by Crippen LogP contribution is 2.39. The van der Waals surface area contributed by atoms with Gasteiger partial charge in [-0.25, -0.2) is 4.79 Å². The summed E-state index contributed by atoms with van der Waals surface area (Å²) in [4.78, 5) is 11.9. The number of hydrogen-bond donors (Lipinski definition) is 1. The Labute approximate surface area is 119 Å². The summed E-state index contributed by atoms with van der Waals surface area (Å²) >= 11 is 0. The van der Waals surface area contributed by atoms with Gasteiger partial charge < -0.3 is 19.9 Å². The molecule has 1 unspecified atom stereocenters. The molecular weight excluding hydrogens is 258 g/mol. The molecule has 20 heavy (non-hydrogen) atoms. The maximum Gasteiger partial charge on any atom is 0.329 e. The van der Waals surface area contributed by atoms with Gasteiger partial charge in [-0.3, -0.25) is 0 Å². The number of ether oxygens (including phenoxy) is 3. The summed E-state index contributed by atoms with van der Waals surface area (Å²) in [6, 6.07) is 7.56. The zero-order chi connectivity index (χ0) is 14.6. The van der Waals surface area contributed by atoms with Crippen molar-refractivity contribution in [3.63, 3.8) is 0 Å². The van der Waals surface area contributed by atoms with Crippen molar-refractivity contribution in [1.82, 2.24) is 0 Å². The summed E-state index contributed by atoms with van der Waals surface area (Å²) in [6.45, 7) is 0.644. The van der Waals surface area contributed by atoms with Crippen LogP contribution in [0.25, 0.3) is 0 Å². The molecule has 0 aromatic heterocycles. The Morgan fingerprint density at radius 2 is 2.15 bits per heavy atom. The first-order chi connectivity index (χ1) is 9.60. The highest BCUT2D eigenvalue weighted by atomic mass is 16.5. The van der Waals surface area contributed by atoms with Gasteiger partial charge in [-0.2, -0.15) is 0 Å². The second-order valence-electron chi connectivity index (χ2n) is 5.18. The highest BCUT2D eigenvalue weighted by Gasteiger charge is 2.49. The molecular formula is C15H21NO4. The molecule has 2 rings (SSSR count). The van der Waals surface area contributed by atoms with Gasteiger partial charge in [0.15, 0.2) is 5.54 Å². The van der Waals surface area contributed by atoms with Crippen LogP contribution in [0.4, 0.5) is 0 Å². The van der Waals surface area contributed by atoms with Crippen molar-refractivity contribution in [2.24, 2.45) is 11.7 Å². The molecule has 1 fully saturated rings. The lowest BCUT2D eigenvalue weighted by Crippen LogP contribution is -2.55. The predicted molar refractivity (Wildman–Crippen MR) is 74.3 cm³/mol. The van der Waals surface area contributed by atoms with Crippen LogP contribution in [0.2, 0.25) is 0 Å². The van der Waals surface area contributed by atoms with Crippen LogP contribution in [0.3, 0.4) is 0 Å². The Kier molecular flexibility index (Phi) is 4.62. The van der Waals surface area contributed by atoms with Crippen molar-refractivity contribution < 1.29 is 19.0 Å². The van der Waals surface area contributed by atoms with E-state index in [0.717, 1.165) is 18.4 Å². The Morgan fingerprint density at radius 3 is 2.75 bits per heavy atom. The highest BCUT2D eigenvalue weighted by molar-refractivity contribution is 5.81. The molecule has 0 heterocycles. The number of rotatable bonds is 7. The number of nitrogens with two attached hydrogens (primary N) is 1. The van der Waals surface area contributed by atoms with Crippen LogP contribution >= 0.6 is 0 Å². The number of carbonyl (C=O) groups excluding carboxylic acids is 1. The molecule has 0 aliphatic heterocycles. The Balaban J connectivity index is 2.02. The quantitative estimate of drug-likeness (QED) is 0.766. The number of carbonyl (C=O) groups is 1. The van der Waals surface area contributed by atoms with Crippen LogP contribution in [-0.4, -0.2) is 32.3 Å². The van der Waals surface area contributed by atoms with Crippen LogP contribution in [-0.2, 0) is 20.9 Å². The fourth-order valence-corrected chi connectivity index (χ4v) is 2.23. The molecule has 5 heteroatoms. The molecule has 0 radical (unpaired) electrons. The van der Waals surface area contributed by atoms with E-state index < -0.39 is 11.5 Å². The van der Waals surface area contributed by atoms with E-state index in [1.165, 1.54) is 7.11 Å². The van der Waals surface area contributed by atoms with E-state index in [-0.39, 0.29) is 12.5 Å². The van der Waals surface area contributed by atoms with Crippen molar-refractivity contribution >= 4 is 5.97 Å². The van der Waals surface area contributed by atoms with Crippen LogP contribution in [0, 0.1) is 5.92 Å². The van der Waals surface area contributed by atoms with Gasteiger partial charge >= 0.3 is 5.97 Å². The molecule has 0 saturated heterocycles. The molecule has 0 bridgehead atoms. The van der Waals surface area contributed by atoms with Gasteiger partial charge in [0.25, 0.3) is 0 Å². The maximum atomic E-state index is 11.9. The minimum absolute atomic E-state index is 0.126. The smallest absolute Gasteiger partial charge is 0.329 e. The standard InChI is InChI=1S/C15H21NO4/c1-18-9-11-4-3-5-13(8-11)20-10-15(16,12-6-7-12)14(17)19-2/h3-5,8,12H,6-7,9-10,16H2,1-2H3. The lowest BCUT2D eigenvalue weighted by atomic mass is 9.96. The summed E-state index contributed by atoms with van der Waals surface area (Å²) < 4.78 is 15.6. The third kappa shape index (κ3) is 3.29. The van der Waals surface area contributed by atoms with E-state index in [0.29, 0.717) is 12.4 Å². The van der Waals surface area contributed by atoms with Crippen LogP contribution in [0.15, 0.2) is 24.3 Å². The molecule has 1 atom stereocenters. The van der Waals surface area contributed by atoms with E-state index in [1.807, 2.05) is 24.3 Å². The maximum absolute atomic E-state index is 11.9. The Hall–Kier alpha value is -1.59. The molecule has 1 saturated carbocycles. The van der Waals surface area contributed by atoms with Crippen molar-refractivity contribution in [2.75, 3.05) is 20.8 Å². The summed E-state index contributed by atoms with van der Waals surface area (Å²) in [5.74, 6) is 0.420. The lowest BCUT2D eigenvalue weighted by Gasteiger charge is -2.26. The van der Waals surface area contributed by atoms with Crippen molar-refractivity contribution in [3.8, 4) is 5.75 Å². The van der Waals surface area contributed by atoms with Gasteiger partial charge in [-0.15, -0.1) is 0 Å².